The third-order valence-electron chi connectivity index (χ3n) is 8.65. The minimum absolute atomic E-state index is 0.0246. The standard InChI is InChI=1S/C27H40N4O3/c1-19-9-7-10-20(2)29(19)14-8-15-31-25(32)23-17-24-22(13-16-34-24)30(23)18-27(31,3)26(33)28-21-11-5-4-6-12-21/h13,16-17,19-21H,4-12,14-15,18H2,1-3H3,(H,28,33)/t19-,20-,27+/m1/s1. The topological polar surface area (TPSA) is 70.7 Å². The van der Waals surface area contributed by atoms with E-state index in [2.05, 4.69) is 24.1 Å². The molecule has 186 valence electrons. The number of hydrogen-bond acceptors (Lipinski definition) is 4. The number of amides is 2. The average Bonchev–Trinajstić information content (AvgIpc) is 3.41. The lowest BCUT2D eigenvalue weighted by atomic mass is 9.91. The first-order valence-corrected chi connectivity index (χ1v) is 13.3. The summed E-state index contributed by atoms with van der Waals surface area (Å²) < 4.78 is 7.57. The number of furan rings is 1. The van der Waals surface area contributed by atoms with E-state index in [1.807, 2.05) is 28.5 Å². The quantitative estimate of drug-likeness (QED) is 0.675. The number of aromatic nitrogens is 1. The van der Waals surface area contributed by atoms with E-state index in [9.17, 15) is 9.59 Å². The van der Waals surface area contributed by atoms with Gasteiger partial charge in [-0.1, -0.05) is 25.7 Å². The van der Waals surface area contributed by atoms with E-state index in [-0.39, 0.29) is 17.9 Å². The lowest BCUT2D eigenvalue weighted by Crippen LogP contribution is -2.65. The zero-order valence-electron chi connectivity index (χ0n) is 21.0. The fourth-order valence-corrected chi connectivity index (χ4v) is 6.54. The SMILES string of the molecule is C[C@@H]1CCC[C@@H](C)N1CCCN1C(=O)c2cc3occc3n2C[C@@]1(C)C(=O)NC1CCCCC1. The minimum atomic E-state index is -0.927. The molecule has 2 fully saturated rings. The predicted octanol–water partition coefficient (Wildman–Crippen LogP) is 4.55. The van der Waals surface area contributed by atoms with Crippen molar-refractivity contribution in [1.82, 2.24) is 19.7 Å². The van der Waals surface area contributed by atoms with Crippen molar-refractivity contribution >= 4 is 22.9 Å². The van der Waals surface area contributed by atoms with Gasteiger partial charge in [-0.15, -0.1) is 0 Å². The third kappa shape index (κ3) is 4.16. The normalized spacial score (nSPS) is 28.9. The van der Waals surface area contributed by atoms with Gasteiger partial charge in [0.15, 0.2) is 5.58 Å². The second-order valence-corrected chi connectivity index (χ2v) is 11.0. The lowest BCUT2D eigenvalue weighted by molar-refractivity contribution is -0.133. The number of carbonyl (C=O) groups is 2. The van der Waals surface area contributed by atoms with Crippen LogP contribution in [0.25, 0.3) is 11.1 Å². The van der Waals surface area contributed by atoms with Crippen LogP contribution in [0, 0.1) is 0 Å². The molecular weight excluding hydrogens is 428 g/mol. The Bertz CT molecular complexity index is 1030. The van der Waals surface area contributed by atoms with Crippen molar-refractivity contribution in [3.63, 3.8) is 0 Å². The summed E-state index contributed by atoms with van der Waals surface area (Å²) in [7, 11) is 0. The van der Waals surface area contributed by atoms with Gasteiger partial charge in [-0.2, -0.15) is 0 Å². The first-order valence-electron chi connectivity index (χ1n) is 13.3. The van der Waals surface area contributed by atoms with Crippen molar-refractivity contribution < 1.29 is 14.0 Å². The Hall–Kier alpha value is -2.28. The summed E-state index contributed by atoms with van der Waals surface area (Å²) in [5.41, 5.74) is 1.29. The highest BCUT2D eigenvalue weighted by Crippen LogP contribution is 2.33. The molecule has 0 aromatic carbocycles. The fraction of sp³-hybridized carbons (Fsp3) is 0.704. The molecule has 0 spiro atoms. The Balaban J connectivity index is 1.38. The van der Waals surface area contributed by atoms with E-state index in [0.717, 1.165) is 44.2 Å². The maximum Gasteiger partial charge on any atom is 0.271 e. The van der Waals surface area contributed by atoms with E-state index in [1.165, 1.54) is 25.7 Å². The van der Waals surface area contributed by atoms with Crippen LogP contribution in [0.5, 0.6) is 0 Å². The van der Waals surface area contributed by atoms with Crippen LogP contribution in [0.15, 0.2) is 22.8 Å². The largest absolute Gasteiger partial charge is 0.463 e. The molecule has 3 aliphatic rings. The van der Waals surface area contributed by atoms with Gasteiger partial charge in [-0.25, -0.2) is 0 Å². The number of fused-ring (bicyclic) bond motifs is 3. The van der Waals surface area contributed by atoms with Crippen molar-refractivity contribution in [3.8, 4) is 0 Å². The van der Waals surface area contributed by atoms with Gasteiger partial charge in [0.05, 0.1) is 18.3 Å². The summed E-state index contributed by atoms with van der Waals surface area (Å²) >= 11 is 0. The molecule has 4 heterocycles. The number of piperidine rings is 1. The minimum Gasteiger partial charge on any atom is -0.463 e. The molecule has 7 heteroatoms. The van der Waals surface area contributed by atoms with Crippen molar-refractivity contribution in [2.24, 2.45) is 0 Å². The molecule has 2 aromatic rings. The van der Waals surface area contributed by atoms with Crippen LogP contribution < -0.4 is 5.32 Å². The van der Waals surface area contributed by atoms with Gasteiger partial charge in [-0.3, -0.25) is 14.5 Å². The zero-order valence-corrected chi connectivity index (χ0v) is 21.0. The van der Waals surface area contributed by atoms with Gasteiger partial charge in [0.2, 0.25) is 5.91 Å². The van der Waals surface area contributed by atoms with Crippen molar-refractivity contribution in [2.45, 2.75) is 109 Å². The Kier molecular flexibility index (Phi) is 6.49. The first kappa shape index (κ1) is 23.5. The fourth-order valence-electron chi connectivity index (χ4n) is 6.54. The molecule has 1 saturated heterocycles. The Morgan fingerprint density at radius 1 is 1.09 bits per heavy atom. The van der Waals surface area contributed by atoms with Crippen molar-refractivity contribution in [1.29, 1.82) is 0 Å². The molecule has 7 nitrogen and oxygen atoms in total. The molecule has 3 atom stereocenters. The second-order valence-electron chi connectivity index (χ2n) is 11.0. The Morgan fingerprint density at radius 3 is 2.56 bits per heavy atom. The molecule has 2 aromatic heterocycles. The molecule has 2 amide bonds. The monoisotopic (exact) mass is 468 g/mol. The summed E-state index contributed by atoms with van der Waals surface area (Å²) in [6, 6.07) is 5.08. The van der Waals surface area contributed by atoms with Gasteiger partial charge >= 0.3 is 0 Å². The summed E-state index contributed by atoms with van der Waals surface area (Å²) in [4.78, 5) is 32.0. The molecule has 5 rings (SSSR count). The molecule has 34 heavy (non-hydrogen) atoms. The number of rotatable bonds is 6. The van der Waals surface area contributed by atoms with E-state index >= 15 is 0 Å². The molecule has 1 aliphatic carbocycles. The summed E-state index contributed by atoms with van der Waals surface area (Å²) in [6.45, 7) is 8.55. The van der Waals surface area contributed by atoms with Crippen molar-refractivity contribution in [3.05, 3.63) is 24.1 Å². The molecule has 0 radical (unpaired) electrons. The van der Waals surface area contributed by atoms with Crippen LogP contribution in [-0.4, -0.2) is 62.9 Å². The summed E-state index contributed by atoms with van der Waals surface area (Å²) in [5.74, 6) is -0.0952. The van der Waals surface area contributed by atoms with E-state index in [4.69, 9.17) is 4.42 Å². The zero-order chi connectivity index (χ0) is 23.9. The van der Waals surface area contributed by atoms with Crippen LogP contribution in [0.1, 0.15) is 89.0 Å². The summed E-state index contributed by atoms with van der Waals surface area (Å²) in [5, 5.41) is 3.32. The van der Waals surface area contributed by atoms with Crippen LogP contribution in [0.4, 0.5) is 0 Å². The molecule has 0 bridgehead atoms. The Labute approximate surface area is 202 Å². The highest BCUT2D eigenvalue weighted by molar-refractivity contribution is 6.02. The van der Waals surface area contributed by atoms with Crippen LogP contribution in [0.2, 0.25) is 0 Å². The maximum absolute atomic E-state index is 13.8. The number of hydrogen-bond donors (Lipinski definition) is 1. The van der Waals surface area contributed by atoms with Crippen LogP contribution in [0.3, 0.4) is 0 Å². The second kappa shape index (κ2) is 9.40. The van der Waals surface area contributed by atoms with Gasteiger partial charge in [0, 0.05) is 43.3 Å². The predicted molar refractivity (Wildman–Crippen MR) is 133 cm³/mol. The molecule has 1 N–H and O–H groups in total. The van der Waals surface area contributed by atoms with Gasteiger partial charge in [0.25, 0.3) is 5.91 Å². The Morgan fingerprint density at radius 2 is 1.82 bits per heavy atom. The highest BCUT2D eigenvalue weighted by Gasteiger charge is 2.48. The first-order chi connectivity index (χ1) is 16.4. The lowest BCUT2D eigenvalue weighted by Gasteiger charge is -2.45. The van der Waals surface area contributed by atoms with Gasteiger partial charge in [0.1, 0.15) is 11.2 Å². The number of likely N-dealkylation sites (tertiary alicyclic amines) is 1. The number of nitrogens with one attached hydrogen (secondary N) is 1. The van der Waals surface area contributed by atoms with E-state index in [0.29, 0.717) is 36.5 Å². The molecule has 0 unspecified atom stereocenters. The van der Waals surface area contributed by atoms with Crippen molar-refractivity contribution in [2.75, 3.05) is 13.1 Å². The van der Waals surface area contributed by atoms with Crippen LogP contribution in [-0.2, 0) is 11.3 Å². The highest BCUT2D eigenvalue weighted by atomic mass is 16.3. The average molecular weight is 469 g/mol. The number of nitrogens with zero attached hydrogens (tertiary/aromatic N) is 3. The molecule has 1 saturated carbocycles. The molecular formula is C27H40N4O3. The van der Waals surface area contributed by atoms with Gasteiger partial charge < -0.3 is 19.2 Å². The van der Waals surface area contributed by atoms with E-state index < -0.39 is 5.54 Å². The van der Waals surface area contributed by atoms with Crippen LogP contribution >= 0.6 is 0 Å². The smallest absolute Gasteiger partial charge is 0.271 e. The third-order valence-corrected chi connectivity index (χ3v) is 8.65. The van der Waals surface area contributed by atoms with Gasteiger partial charge in [-0.05, 0) is 52.9 Å². The number of carbonyl (C=O) groups excluding carboxylic acids is 2. The summed E-state index contributed by atoms with van der Waals surface area (Å²) in [6.07, 6.45) is 11.9. The van der Waals surface area contributed by atoms with E-state index in [1.54, 1.807) is 6.26 Å². The maximum atomic E-state index is 13.8. The molecule has 2 aliphatic heterocycles.